The molecule has 0 N–H and O–H groups in total. The molecule has 0 aliphatic carbocycles. The molecule has 0 saturated carbocycles. The van der Waals surface area contributed by atoms with E-state index in [-0.39, 0.29) is 5.25 Å². The van der Waals surface area contributed by atoms with E-state index in [2.05, 4.69) is 13.8 Å². The average Bonchev–Trinajstić information content (AvgIpc) is 2.42. The highest BCUT2D eigenvalue weighted by atomic mass is 32.2. The molecule has 0 aromatic carbocycles. The van der Waals surface area contributed by atoms with E-state index < -0.39 is 10.0 Å². The number of sulfonamides is 1. The summed E-state index contributed by atoms with van der Waals surface area (Å²) in [7, 11) is -3.06. The van der Waals surface area contributed by atoms with Crippen LogP contribution in [0.2, 0.25) is 0 Å². The van der Waals surface area contributed by atoms with Gasteiger partial charge in [-0.3, -0.25) is 0 Å². The molecule has 0 unspecified atom stereocenters. The molecule has 1 aliphatic heterocycles. The van der Waals surface area contributed by atoms with Crippen LogP contribution in [0.25, 0.3) is 0 Å². The highest BCUT2D eigenvalue weighted by Gasteiger charge is 2.30. The summed E-state index contributed by atoms with van der Waals surface area (Å²) in [6.07, 6.45) is 3.34. The Morgan fingerprint density at radius 2 is 1.75 bits per heavy atom. The summed E-state index contributed by atoms with van der Waals surface area (Å²) in [4.78, 5) is 0. The Bertz CT molecular complexity index is 309. The Labute approximate surface area is 100 Å². The zero-order valence-electron chi connectivity index (χ0n) is 10.9. The Hall–Kier alpha value is -0.0900. The summed E-state index contributed by atoms with van der Waals surface area (Å²) in [6.45, 7) is 9.35. The zero-order valence-corrected chi connectivity index (χ0v) is 11.8. The molecule has 0 amide bonds. The van der Waals surface area contributed by atoms with Gasteiger partial charge in [-0.15, -0.1) is 0 Å². The molecule has 0 spiro atoms. The smallest absolute Gasteiger partial charge is 0.212 e. The third-order valence-corrected chi connectivity index (χ3v) is 5.81. The summed E-state index contributed by atoms with van der Waals surface area (Å²) in [5.41, 5.74) is 0. The Morgan fingerprint density at radius 3 is 2.25 bits per heavy atom. The molecule has 3 nitrogen and oxygen atoms in total. The van der Waals surface area contributed by atoms with Crippen LogP contribution in [0.15, 0.2) is 0 Å². The molecule has 0 aromatic heterocycles. The molecule has 1 heterocycles. The van der Waals surface area contributed by atoms with E-state index >= 15 is 0 Å². The Balaban J connectivity index is 2.80. The number of nitrogens with zero attached hydrogens (tertiary/aromatic N) is 1. The largest absolute Gasteiger partial charge is 0.216 e. The summed E-state index contributed by atoms with van der Waals surface area (Å²) in [5.74, 6) is 1.10. The second-order valence-corrected chi connectivity index (χ2v) is 7.94. The quantitative estimate of drug-likeness (QED) is 0.768. The lowest BCUT2D eigenvalue weighted by atomic mass is 9.92. The lowest BCUT2D eigenvalue weighted by Crippen LogP contribution is -2.39. The first kappa shape index (κ1) is 14.0. The SMILES string of the molecule is CC(C)[C@H]1CCCCN(S(=O)(=O)C(C)C)C1. The van der Waals surface area contributed by atoms with Crippen molar-refractivity contribution >= 4 is 10.0 Å². The van der Waals surface area contributed by atoms with E-state index in [9.17, 15) is 8.42 Å². The van der Waals surface area contributed by atoms with E-state index in [1.165, 1.54) is 6.42 Å². The van der Waals surface area contributed by atoms with Crippen molar-refractivity contribution in [3.63, 3.8) is 0 Å². The van der Waals surface area contributed by atoms with Crippen molar-refractivity contribution in [1.29, 1.82) is 0 Å². The molecule has 4 heteroatoms. The van der Waals surface area contributed by atoms with Crippen LogP contribution >= 0.6 is 0 Å². The van der Waals surface area contributed by atoms with Crippen molar-refractivity contribution in [1.82, 2.24) is 4.31 Å². The third-order valence-electron chi connectivity index (χ3n) is 3.57. The second-order valence-electron chi connectivity index (χ2n) is 5.45. The van der Waals surface area contributed by atoms with Crippen LogP contribution in [0.5, 0.6) is 0 Å². The summed E-state index contributed by atoms with van der Waals surface area (Å²) >= 11 is 0. The zero-order chi connectivity index (χ0) is 12.3. The molecule has 1 fully saturated rings. The van der Waals surface area contributed by atoms with Crippen molar-refractivity contribution < 1.29 is 8.42 Å². The topological polar surface area (TPSA) is 37.4 Å². The van der Waals surface area contributed by atoms with Gasteiger partial charge in [0.05, 0.1) is 5.25 Å². The van der Waals surface area contributed by atoms with Crippen LogP contribution in [-0.4, -0.2) is 31.1 Å². The van der Waals surface area contributed by atoms with Crippen LogP contribution in [0.1, 0.15) is 47.0 Å². The van der Waals surface area contributed by atoms with Gasteiger partial charge >= 0.3 is 0 Å². The molecule has 1 saturated heterocycles. The van der Waals surface area contributed by atoms with Crippen molar-refractivity contribution in [3.8, 4) is 0 Å². The minimum atomic E-state index is -3.06. The fraction of sp³-hybridized carbons (Fsp3) is 1.00. The summed E-state index contributed by atoms with van der Waals surface area (Å²) < 4.78 is 26.0. The molecule has 96 valence electrons. The van der Waals surface area contributed by atoms with Gasteiger partial charge in [-0.2, -0.15) is 0 Å². The first-order valence-electron chi connectivity index (χ1n) is 6.34. The van der Waals surface area contributed by atoms with Gasteiger partial charge in [0.25, 0.3) is 0 Å². The fourth-order valence-electron chi connectivity index (χ4n) is 2.21. The predicted octanol–water partition coefficient (Wildman–Crippen LogP) is 2.48. The van der Waals surface area contributed by atoms with E-state index in [1.807, 2.05) is 0 Å². The average molecular weight is 247 g/mol. The molecular formula is C12H25NO2S. The van der Waals surface area contributed by atoms with E-state index in [0.29, 0.717) is 18.4 Å². The molecule has 1 atom stereocenters. The maximum Gasteiger partial charge on any atom is 0.216 e. The van der Waals surface area contributed by atoms with E-state index in [4.69, 9.17) is 0 Å². The van der Waals surface area contributed by atoms with Gasteiger partial charge in [-0.1, -0.05) is 20.3 Å². The first-order chi connectivity index (χ1) is 7.35. The van der Waals surface area contributed by atoms with Gasteiger partial charge in [0, 0.05) is 13.1 Å². The van der Waals surface area contributed by atoms with Crippen molar-refractivity contribution in [2.45, 2.75) is 52.2 Å². The van der Waals surface area contributed by atoms with Crippen LogP contribution in [0.3, 0.4) is 0 Å². The standard InChI is InChI=1S/C12H25NO2S/c1-10(2)12-7-5-6-8-13(9-12)16(14,15)11(3)4/h10-12H,5-9H2,1-4H3/t12-/m0/s1. The first-order valence-corrected chi connectivity index (χ1v) is 7.85. The number of hydrogen-bond donors (Lipinski definition) is 0. The highest BCUT2D eigenvalue weighted by molar-refractivity contribution is 7.89. The van der Waals surface area contributed by atoms with Crippen molar-refractivity contribution in [3.05, 3.63) is 0 Å². The summed E-state index contributed by atoms with van der Waals surface area (Å²) in [5, 5.41) is -0.293. The van der Waals surface area contributed by atoms with Gasteiger partial charge < -0.3 is 0 Å². The molecule has 0 radical (unpaired) electrons. The van der Waals surface area contributed by atoms with Crippen LogP contribution in [-0.2, 0) is 10.0 Å². The molecule has 0 aromatic rings. The van der Waals surface area contributed by atoms with Crippen molar-refractivity contribution in [2.24, 2.45) is 11.8 Å². The molecule has 16 heavy (non-hydrogen) atoms. The molecular weight excluding hydrogens is 222 g/mol. The Kier molecular flexibility index (Phi) is 4.80. The predicted molar refractivity (Wildman–Crippen MR) is 67.8 cm³/mol. The second kappa shape index (κ2) is 5.50. The lowest BCUT2D eigenvalue weighted by Gasteiger charge is -2.27. The monoisotopic (exact) mass is 247 g/mol. The van der Waals surface area contributed by atoms with Gasteiger partial charge in [0.15, 0.2) is 0 Å². The molecule has 1 rings (SSSR count). The van der Waals surface area contributed by atoms with E-state index in [0.717, 1.165) is 19.4 Å². The normalized spacial score (nSPS) is 25.0. The van der Waals surface area contributed by atoms with E-state index in [1.54, 1.807) is 18.2 Å². The van der Waals surface area contributed by atoms with Crippen molar-refractivity contribution in [2.75, 3.05) is 13.1 Å². The van der Waals surface area contributed by atoms with Crippen LogP contribution < -0.4 is 0 Å². The van der Waals surface area contributed by atoms with Crippen LogP contribution in [0, 0.1) is 11.8 Å². The maximum absolute atomic E-state index is 12.1. The number of rotatable bonds is 3. The lowest BCUT2D eigenvalue weighted by molar-refractivity contribution is 0.299. The van der Waals surface area contributed by atoms with Gasteiger partial charge in [0.1, 0.15) is 0 Å². The van der Waals surface area contributed by atoms with Gasteiger partial charge in [-0.05, 0) is 38.5 Å². The minimum Gasteiger partial charge on any atom is -0.212 e. The number of hydrogen-bond acceptors (Lipinski definition) is 2. The summed E-state index contributed by atoms with van der Waals surface area (Å²) in [6, 6.07) is 0. The van der Waals surface area contributed by atoms with Gasteiger partial charge in [-0.25, -0.2) is 12.7 Å². The highest BCUT2D eigenvalue weighted by Crippen LogP contribution is 2.25. The minimum absolute atomic E-state index is 0.293. The fourth-order valence-corrected chi connectivity index (χ4v) is 3.59. The Morgan fingerprint density at radius 1 is 1.12 bits per heavy atom. The molecule has 1 aliphatic rings. The maximum atomic E-state index is 12.1. The van der Waals surface area contributed by atoms with Crippen LogP contribution in [0.4, 0.5) is 0 Å². The third kappa shape index (κ3) is 3.20. The van der Waals surface area contributed by atoms with Gasteiger partial charge in [0.2, 0.25) is 10.0 Å². The molecule has 0 bridgehead atoms.